The van der Waals surface area contributed by atoms with Gasteiger partial charge >= 0.3 is 5.97 Å². The van der Waals surface area contributed by atoms with E-state index in [1.54, 1.807) is 24.3 Å². The van der Waals surface area contributed by atoms with Gasteiger partial charge in [-0.2, -0.15) is 5.26 Å². The Balaban J connectivity index is 1.52. The maximum Gasteiger partial charge on any atom is 0.338 e. The van der Waals surface area contributed by atoms with Crippen molar-refractivity contribution in [3.63, 3.8) is 0 Å². The Morgan fingerprint density at radius 2 is 1.84 bits per heavy atom. The van der Waals surface area contributed by atoms with Crippen LogP contribution >= 0.6 is 0 Å². The zero-order valence-electron chi connectivity index (χ0n) is 17.2. The largest absolute Gasteiger partial charge is 0.486 e. The standard InChI is InChI=1S/C24H20N2O5/c1-15-10-20(21(27)14-31-24(28)18-5-3-4-17(11-18)13-25)16(2)26(15)19-6-7-22-23(12-19)30-9-8-29-22/h3-7,10-12H,8-9,14H2,1-2H3. The summed E-state index contributed by atoms with van der Waals surface area (Å²) in [7, 11) is 0. The fraction of sp³-hybridized carbons (Fsp3) is 0.208. The number of nitriles is 1. The van der Waals surface area contributed by atoms with Gasteiger partial charge in [0.2, 0.25) is 5.78 Å². The molecule has 0 saturated carbocycles. The second-order valence-electron chi connectivity index (χ2n) is 7.14. The molecule has 0 saturated heterocycles. The van der Waals surface area contributed by atoms with Gasteiger partial charge in [-0.05, 0) is 50.2 Å². The number of rotatable bonds is 5. The summed E-state index contributed by atoms with van der Waals surface area (Å²) in [5, 5.41) is 8.96. The average Bonchev–Trinajstić information content (AvgIpc) is 3.10. The summed E-state index contributed by atoms with van der Waals surface area (Å²) in [5.41, 5.74) is 3.51. The molecule has 2 aromatic carbocycles. The Hall–Kier alpha value is -4.05. The van der Waals surface area contributed by atoms with Crippen LogP contribution in [0.5, 0.6) is 11.5 Å². The minimum atomic E-state index is -0.647. The number of Topliss-reactive ketones (excluding diaryl/α,β-unsaturated/α-hetero) is 1. The fourth-order valence-corrected chi connectivity index (χ4v) is 3.62. The number of benzene rings is 2. The van der Waals surface area contributed by atoms with Crippen LogP contribution in [0.15, 0.2) is 48.5 Å². The number of esters is 1. The topological polar surface area (TPSA) is 90.6 Å². The van der Waals surface area contributed by atoms with E-state index in [1.807, 2.05) is 42.7 Å². The second kappa shape index (κ2) is 8.36. The maximum atomic E-state index is 12.8. The molecule has 1 aromatic heterocycles. The minimum Gasteiger partial charge on any atom is -0.486 e. The summed E-state index contributed by atoms with van der Waals surface area (Å²) in [6.45, 7) is 4.37. The van der Waals surface area contributed by atoms with Crippen LogP contribution in [-0.4, -0.2) is 36.1 Å². The van der Waals surface area contributed by atoms with Crippen molar-refractivity contribution in [3.05, 3.63) is 76.6 Å². The highest BCUT2D eigenvalue weighted by atomic mass is 16.6. The van der Waals surface area contributed by atoms with Crippen molar-refractivity contribution >= 4 is 11.8 Å². The number of ether oxygens (including phenoxy) is 3. The molecule has 0 radical (unpaired) electrons. The van der Waals surface area contributed by atoms with Crippen LogP contribution in [0.25, 0.3) is 5.69 Å². The Morgan fingerprint density at radius 1 is 1.06 bits per heavy atom. The van der Waals surface area contributed by atoms with Crippen molar-refractivity contribution in [2.24, 2.45) is 0 Å². The van der Waals surface area contributed by atoms with Crippen LogP contribution in [0.1, 0.15) is 37.7 Å². The molecule has 3 aromatic rings. The number of carbonyl (C=O) groups is 2. The number of nitrogens with zero attached hydrogens (tertiary/aromatic N) is 2. The Morgan fingerprint density at radius 3 is 2.61 bits per heavy atom. The first-order chi connectivity index (χ1) is 15.0. The molecule has 0 N–H and O–H groups in total. The second-order valence-corrected chi connectivity index (χ2v) is 7.14. The molecule has 31 heavy (non-hydrogen) atoms. The van der Waals surface area contributed by atoms with Crippen molar-refractivity contribution in [3.8, 4) is 23.3 Å². The van der Waals surface area contributed by atoms with E-state index in [0.29, 0.717) is 35.8 Å². The molecule has 7 nitrogen and oxygen atoms in total. The summed E-state index contributed by atoms with van der Waals surface area (Å²) < 4.78 is 18.4. The molecule has 0 unspecified atom stereocenters. The SMILES string of the molecule is Cc1cc(C(=O)COC(=O)c2cccc(C#N)c2)c(C)n1-c1ccc2c(c1)OCCO2. The fourth-order valence-electron chi connectivity index (χ4n) is 3.62. The molecule has 7 heteroatoms. The summed E-state index contributed by atoms with van der Waals surface area (Å²) in [4.78, 5) is 25.0. The number of hydrogen-bond donors (Lipinski definition) is 0. The molecule has 0 amide bonds. The van der Waals surface area contributed by atoms with Crippen molar-refractivity contribution in [2.45, 2.75) is 13.8 Å². The molecule has 1 aliphatic heterocycles. The number of hydrogen-bond acceptors (Lipinski definition) is 6. The third-order valence-corrected chi connectivity index (χ3v) is 5.08. The molecule has 0 aliphatic carbocycles. The van der Waals surface area contributed by atoms with E-state index in [1.165, 1.54) is 6.07 Å². The monoisotopic (exact) mass is 416 g/mol. The van der Waals surface area contributed by atoms with Crippen LogP contribution in [0.4, 0.5) is 0 Å². The van der Waals surface area contributed by atoms with Gasteiger partial charge in [0.15, 0.2) is 18.1 Å². The zero-order valence-corrected chi connectivity index (χ0v) is 17.2. The Labute approximate surface area is 179 Å². The van der Waals surface area contributed by atoms with Gasteiger partial charge in [-0.3, -0.25) is 4.79 Å². The number of carbonyl (C=O) groups excluding carboxylic acids is 2. The summed E-state index contributed by atoms with van der Waals surface area (Å²) in [5.74, 6) is 0.409. The number of fused-ring (bicyclic) bond motifs is 1. The van der Waals surface area contributed by atoms with Crippen LogP contribution in [-0.2, 0) is 4.74 Å². The number of ketones is 1. The van der Waals surface area contributed by atoms with Crippen molar-refractivity contribution in [1.82, 2.24) is 4.57 Å². The molecule has 1 aliphatic rings. The molecular weight excluding hydrogens is 396 g/mol. The highest BCUT2D eigenvalue weighted by molar-refractivity contribution is 6.00. The van der Waals surface area contributed by atoms with E-state index in [9.17, 15) is 9.59 Å². The number of aryl methyl sites for hydroxylation is 1. The van der Waals surface area contributed by atoms with Crippen LogP contribution in [0.3, 0.4) is 0 Å². The lowest BCUT2D eigenvalue weighted by Gasteiger charge is -2.20. The van der Waals surface area contributed by atoms with Gasteiger partial charge < -0.3 is 18.8 Å². The lowest BCUT2D eigenvalue weighted by molar-refractivity contribution is 0.0474. The number of aromatic nitrogens is 1. The molecule has 0 fully saturated rings. The molecule has 0 atom stereocenters. The Kier molecular flexibility index (Phi) is 5.46. The van der Waals surface area contributed by atoms with Crippen LogP contribution in [0, 0.1) is 25.2 Å². The normalized spacial score (nSPS) is 12.2. The highest BCUT2D eigenvalue weighted by Crippen LogP contribution is 2.33. The van der Waals surface area contributed by atoms with E-state index in [2.05, 4.69) is 0 Å². The van der Waals surface area contributed by atoms with Gasteiger partial charge in [-0.1, -0.05) is 6.07 Å². The first kappa shape index (κ1) is 20.2. The van der Waals surface area contributed by atoms with E-state index >= 15 is 0 Å². The first-order valence-corrected chi connectivity index (χ1v) is 9.77. The summed E-state index contributed by atoms with van der Waals surface area (Å²) in [6.07, 6.45) is 0. The molecular formula is C24H20N2O5. The quantitative estimate of drug-likeness (QED) is 0.464. The Bertz CT molecular complexity index is 1220. The van der Waals surface area contributed by atoms with Gasteiger partial charge in [0.25, 0.3) is 0 Å². The van der Waals surface area contributed by atoms with Crippen molar-refractivity contribution in [2.75, 3.05) is 19.8 Å². The van der Waals surface area contributed by atoms with Crippen molar-refractivity contribution < 1.29 is 23.8 Å². The predicted molar refractivity (Wildman–Crippen MR) is 112 cm³/mol. The van der Waals surface area contributed by atoms with E-state index in [0.717, 1.165) is 17.1 Å². The van der Waals surface area contributed by atoms with E-state index < -0.39 is 5.97 Å². The van der Waals surface area contributed by atoms with Gasteiger partial charge in [0, 0.05) is 28.7 Å². The van der Waals surface area contributed by atoms with Gasteiger partial charge in [-0.15, -0.1) is 0 Å². The predicted octanol–water partition coefficient (Wildman–Crippen LogP) is 3.78. The van der Waals surface area contributed by atoms with E-state index in [4.69, 9.17) is 19.5 Å². The lowest BCUT2D eigenvalue weighted by Crippen LogP contribution is -2.16. The lowest BCUT2D eigenvalue weighted by atomic mass is 10.1. The van der Waals surface area contributed by atoms with Gasteiger partial charge in [0.1, 0.15) is 13.2 Å². The maximum absolute atomic E-state index is 12.8. The zero-order chi connectivity index (χ0) is 22.0. The smallest absolute Gasteiger partial charge is 0.338 e. The molecule has 0 bridgehead atoms. The summed E-state index contributed by atoms with van der Waals surface area (Å²) >= 11 is 0. The van der Waals surface area contributed by atoms with Gasteiger partial charge in [-0.25, -0.2) is 4.79 Å². The third-order valence-electron chi connectivity index (χ3n) is 5.08. The molecule has 0 spiro atoms. The average molecular weight is 416 g/mol. The third kappa shape index (κ3) is 4.01. The molecule has 2 heterocycles. The molecule has 4 rings (SSSR count). The summed E-state index contributed by atoms with van der Waals surface area (Å²) in [6, 6.07) is 15.5. The minimum absolute atomic E-state index is 0.230. The first-order valence-electron chi connectivity index (χ1n) is 9.77. The van der Waals surface area contributed by atoms with Crippen LogP contribution < -0.4 is 9.47 Å². The van der Waals surface area contributed by atoms with E-state index in [-0.39, 0.29) is 18.0 Å². The van der Waals surface area contributed by atoms with Crippen LogP contribution in [0.2, 0.25) is 0 Å². The highest BCUT2D eigenvalue weighted by Gasteiger charge is 2.20. The molecule has 156 valence electrons. The van der Waals surface area contributed by atoms with Gasteiger partial charge in [0.05, 0.1) is 17.2 Å². The van der Waals surface area contributed by atoms with Crippen molar-refractivity contribution in [1.29, 1.82) is 5.26 Å².